The van der Waals surface area contributed by atoms with Crippen LogP contribution in [-0.2, 0) is 0 Å². The third-order valence-electron chi connectivity index (χ3n) is 2.29. The Morgan fingerprint density at radius 1 is 1.64 bits per heavy atom. The molecule has 1 saturated carbocycles. The Hall–Kier alpha value is -0.420. The van der Waals surface area contributed by atoms with Gasteiger partial charge in [0.15, 0.2) is 5.13 Å². The molecule has 1 heterocycles. The summed E-state index contributed by atoms with van der Waals surface area (Å²) in [6.45, 7) is 0. The molecule has 14 heavy (non-hydrogen) atoms. The Balaban J connectivity index is 2.04. The van der Waals surface area contributed by atoms with Crippen LogP contribution in [0, 0.1) is 0 Å². The van der Waals surface area contributed by atoms with Crippen LogP contribution in [0.15, 0.2) is 6.20 Å². The number of thiazole rings is 1. The fourth-order valence-electron chi connectivity index (χ4n) is 1.58. The summed E-state index contributed by atoms with van der Waals surface area (Å²) in [5, 5.41) is 3.20. The second-order valence-corrected chi connectivity index (χ2v) is 4.98. The summed E-state index contributed by atoms with van der Waals surface area (Å²) >= 11 is 6.83. The molecule has 0 saturated heterocycles. The maximum atomic E-state index is 13.2. The van der Waals surface area contributed by atoms with Crippen LogP contribution in [0.3, 0.4) is 0 Å². The van der Waals surface area contributed by atoms with Gasteiger partial charge in [0.1, 0.15) is 4.34 Å². The standard InChI is InChI=1S/C8H9ClF2N2S/c9-6-4-12-7(14-6)13-5-2-1-3-8(5,10)11/h4-5H,1-3H2,(H,12,13). The second-order valence-electron chi connectivity index (χ2n) is 3.32. The van der Waals surface area contributed by atoms with E-state index in [1.807, 2.05) is 0 Å². The zero-order valence-electron chi connectivity index (χ0n) is 7.27. The van der Waals surface area contributed by atoms with Gasteiger partial charge in [-0.3, -0.25) is 0 Å². The number of nitrogens with zero attached hydrogens (tertiary/aromatic N) is 1. The Morgan fingerprint density at radius 3 is 2.93 bits per heavy atom. The maximum Gasteiger partial charge on any atom is 0.267 e. The minimum atomic E-state index is -2.61. The Labute approximate surface area is 89.3 Å². The SMILES string of the molecule is FC1(F)CCCC1Nc1ncc(Cl)s1. The highest BCUT2D eigenvalue weighted by atomic mass is 35.5. The number of rotatable bonds is 2. The number of alkyl halides is 2. The molecular weight excluding hydrogens is 230 g/mol. The molecule has 1 atom stereocenters. The molecule has 0 radical (unpaired) electrons. The van der Waals surface area contributed by atoms with Gasteiger partial charge in [0.2, 0.25) is 0 Å². The van der Waals surface area contributed by atoms with Crippen LogP contribution in [0.5, 0.6) is 0 Å². The largest absolute Gasteiger partial charge is 0.353 e. The van der Waals surface area contributed by atoms with Gasteiger partial charge in [-0.2, -0.15) is 0 Å². The normalized spacial score (nSPS) is 25.2. The van der Waals surface area contributed by atoms with Gasteiger partial charge < -0.3 is 5.32 Å². The third kappa shape index (κ3) is 1.98. The summed E-state index contributed by atoms with van der Waals surface area (Å²) in [5.41, 5.74) is 0. The lowest BCUT2D eigenvalue weighted by Gasteiger charge is -2.19. The number of aromatic nitrogens is 1. The highest BCUT2D eigenvalue weighted by Crippen LogP contribution is 2.37. The van der Waals surface area contributed by atoms with Crippen LogP contribution in [0.2, 0.25) is 4.34 Å². The van der Waals surface area contributed by atoms with Crippen molar-refractivity contribution in [1.29, 1.82) is 0 Å². The molecule has 78 valence electrons. The van der Waals surface area contributed by atoms with Crippen molar-refractivity contribution in [2.24, 2.45) is 0 Å². The molecule has 6 heteroatoms. The number of hydrogen-bond donors (Lipinski definition) is 1. The predicted octanol–water partition coefficient (Wildman–Crippen LogP) is 3.40. The lowest BCUT2D eigenvalue weighted by Crippen LogP contribution is -2.34. The molecule has 2 nitrogen and oxygen atoms in total. The Morgan fingerprint density at radius 2 is 2.43 bits per heavy atom. The first-order valence-electron chi connectivity index (χ1n) is 4.33. The molecule has 1 aromatic rings. The summed E-state index contributed by atoms with van der Waals surface area (Å²) in [7, 11) is 0. The summed E-state index contributed by atoms with van der Waals surface area (Å²) in [4.78, 5) is 3.89. The number of anilines is 1. The summed E-state index contributed by atoms with van der Waals surface area (Å²) in [6, 6.07) is -0.787. The van der Waals surface area contributed by atoms with Crippen molar-refractivity contribution < 1.29 is 8.78 Å². The lowest BCUT2D eigenvalue weighted by molar-refractivity contribution is -0.000588. The monoisotopic (exact) mass is 238 g/mol. The van der Waals surface area contributed by atoms with E-state index in [2.05, 4.69) is 10.3 Å². The van der Waals surface area contributed by atoms with Gasteiger partial charge in [-0.15, -0.1) is 0 Å². The molecule has 0 amide bonds. The number of nitrogens with one attached hydrogen (secondary N) is 1. The number of halogens is 3. The first-order chi connectivity index (χ1) is 6.58. The average molecular weight is 239 g/mol. The quantitative estimate of drug-likeness (QED) is 0.854. The first kappa shape index (κ1) is 10.1. The topological polar surface area (TPSA) is 24.9 Å². The van der Waals surface area contributed by atoms with Crippen molar-refractivity contribution >= 4 is 28.1 Å². The summed E-state index contributed by atoms with van der Waals surface area (Å²) < 4.78 is 26.9. The smallest absolute Gasteiger partial charge is 0.267 e. The molecule has 0 bridgehead atoms. The molecule has 1 unspecified atom stereocenters. The maximum absolute atomic E-state index is 13.2. The molecular formula is C8H9ClF2N2S. The molecule has 1 N–H and O–H groups in total. The highest BCUT2D eigenvalue weighted by molar-refractivity contribution is 7.19. The van der Waals surface area contributed by atoms with E-state index in [0.29, 0.717) is 22.3 Å². The fraction of sp³-hybridized carbons (Fsp3) is 0.625. The molecule has 1 aromatic heterocycles. The van der Waals surface area contributed by atoms with E-state index >= 15 is 0 Å². The van der Waals surface area contributed by atoms with Crippen LogP contribution < -0.4 is 5.32 Å². The zero-order chi connectivity index (χ0) is 10.2. The van der Waals surface area contributed by atoms with Crippen molar-refractivity contribution in [1.82, 2.24) is 4.98 Å². The van der Waals surface area contributed by atoms with Crippen molar-refractivity contribution in [3.05, 3.63) is 10.5 Å². The second kappa shape index (κ2) is 3.62. The van der Waals surface area contributed by atoms with E-state index in [0.717, 1.165) is 0 Å². The van der Waals surface area contributed by atoms with E-state index in [4.69, 9.17) is 11.6 Å². The van der Waals surface area contributed by atoms with Gasteiger partial charge >= 0.3 is 0 Å². The van der Waals surface area contributed by atoms with E-state index in [-0.39, 0.29) is 6.42 Å². The van der Waals surface area contributed by atoms with Crippen molar-refractivity contribution in [2.75, 3.05) is 5.32 Å². The number of hydrogen-bond acceptors (Lipinski definition) is 3. The minimum Gasteiger partial charge on any atom is -0.353 e. The van der Waals surface area contributed by atoms with Gasteiger partial charge in [-0.25, -0.2) is 13.8 Å². The third-order valence-corrected chi connectivity index (χ3v) is 3.33. The van der Waals surface area contributed by atoms with E-state index < -0.39 is 12.0 Å². The van der Waals surface area contributed by atoms with Crippen LogP contribution in [0.4, 0.5) is 13.9 Å². The van der Waals surface area contributed by atoms with Crippen molar-refractivity contribution in [3.8, 4) is 0 Å². The highest BCUT2D eigenvalue weighted by Gasteiger charge is 2.44. The zero-order valence-corrected chi connectivity index (χ0v) is 8.84. The van der Waals surface area contributed by atoms with Gasteiger partial charge in [-0.1, -0.05) is 22.9 Å². The van der Waals surface area contributed by atoms with Gasteiger partial charge in [0, 0.05) is 6.42 Å². The Kier molecular flexibility index (Phi) is 2.62. The van der Waals surface area contributed by atoms with E-state index in [9.17, 15) is 8.78 Å². The molecule has 1 aliphatic carbocycles. The molecule has 0 aliphatic heterocycles. The summed E-state index contributed by atoms with van der Waals surface area (Å²) in [5.74, 6) is -2.61. The Bertz CT molecular complexity index is 329. The minimum absolute atomic E-state index is 0.0379. The van der Waals surface area contributed by atoms with Gasteiger partial charge in [-0.05, 0) is 12.8 Å². The lowest BCUT2D eigenvalue weighted by atomic mass is 10.2. The van der Waals surface area contributed by atoms with Crippen LogP contribution >= 0.6 is 22.9 Å². The van der Waals surface area contributed by atoms with Gasteiger partial charge in [0.05, 0.1) is 12.2 Å². The summed E-state index contributed by atoms with van der Waals surface area (Å²) in [6.07, 6.45) is 2.47. The van der Waals surface area contributed by atoms with Crippen LogP contribution in [0.25, 0.3) is 0 Å². The van der Waals surface area contributed by atoms with E-state index in [1.165, 1.54) is 17.5 Å². The molecule has 0 spiro atoms. The molecule has 2 rings (SSSR count). The molecule has 1 aliphatic rings. The predicted molar refractivity (Wildman–Crippen MR) is 53.3 cm³/mol. The van der Waals surface area contributed by atoms with Gasteiger partial charge in [0.25, 0.3) is 5.92 Å². The first-order valence-corrected chi connectivity index (χ1v) is 5.53. The van der Waals surface area contributed by atoms with Crippen LogP contribution in [0.1, 0.15) is 19.3 Å². The molecule has 0 aromatic carbocycles. The molecule has 1 fully saturated rings. The fourth-order valence-corrected chi connectivity index (χ4v) is 2.44. The van der Waals surface area contributed by atoms with E-state index in [1.54, 1.807) is 0 Å². The van der Waals surface area contributed by atoms with Crippen LogP contribution in [-0.4, -0.2) is 16.9 Å². The van der Waals surface area contributed by atoms with Crippen molar-refractivity contribution in [3.63, 3.8) is 0 Å². The van der Waals surface area contributed by atoms with Crippen molar-refractivity contribution in [2.45, 2.75) is 31.2 Å². The average Bonchev–Trinajstić information content (AvgIpc) is 2.61.